The number of hydrogen-bond acceptors (Lipinski definition) is 5. The van der Waals surface area contributed by atoms with E-state index in [0.29, 0.717) is 36.0 Å². The van der Waals surface area contributed by atoms with Gasteiger partial charge in [0, 0.05) is 18.8 Å². The van der Waals surface area contributed by atoms with Crippen LogP contribution in [-0.2, 0) is 11.2 Å². The van der Waals surface area contributed by atoms with Crippen LogP contribution in [0.15, 0.2) is 30.7 Å². The van der Waals surface area contributed by atoms with Crippen molar-refractivity contribution in [3.05, 3.63) is 53.5 Å². The van der Waals surface area contributed by atoms with Crippen molar-refractivity contribution in [1.29, 1.82) is 0 Å². The molecule has 0 amide bonds. The molecule has 1 aliphatic rings. The van der Waals surface area contributed by atoms with Gasteiger partial charge in [-0.25, -0.2) is 14.8 Å². The molecule has 2 N–H and O–H groups in total. The number of ether oxygens (including phenoxy) is 1. The number of methoxy groups -OCH3 is 1. The van der Waals surface area contributed by atoms with Gasteiger partial charge in [0.25, 0.3) is 0 Å². The number of carbonyl (C=O) groups excluding carboxylic acids is 1. The number of aryl methyl sites for hydroxylation is 1. The molecular formula is C20H26N4O3. The molecule has 1 aliphatic carbocycles. The van der Waals surface area contributed by atoms with Gasteiger partial charge in [0.1, 0.15) is 17.2 Å². The van der Waals surface area contributed by atoms with Crippen molar-refractivity contribution in [2.24, 2.45) is 0 Å². The fraction of sp³-hybridized carbons (Fsp3) is 0.450. The first-order valence-electron chi connectivity index (χ1n) is 9.43. The van der Waals surface area contributed by atoms with Gasteiger partial charge in [-0.1, -0.05) is 19.9 Å². The fourth-order valence-corrected chi connectivity index (χ4v) is 2.97. The Labute approximate surface area is 158 Å². The van der Waals surface area contributed by atoms with Gasteiger partial charge in [0.15, 0.2) is 0 Å². The second-order valence-corrected chi connectivity index (χ2v) is 6.46. The molecule has 4 rings (SSSR count). The molecule has 3 aromatic heterocycles. The van der Waals surface area contributed by atoms with E-state index in [9.17, 15) is 9.90 Å². The highest BCUT2D eigenvalue weighted by Crippen LogP contribution is 2.39. The number of pyridine rings is 1. The number of H-pyrrole nitrogens is 1. The van der Waals surface area contributed by atoms with Crippen molar-refractivity contribution in [1.82, 2.24) is 19.4 Å². The second kappa shape index (κ2) is 8.35. The van der Waals surface area contributed by atoms with Crippen molar-refractivity contribution in [2.75, 3.05) is 7.11 Å². The van der Waals surface area contributed by atoms with Crippen LogP contribution in [0.1, 0.15) is 72.7 Å². The summed E-state index contributed by atoms with van der Waals surface area (Å²) in [6.07, 6.45) is 8.24. The van der Waals surface area contributed by atoms with Crippen LogP contribution in [0.3, 0.4) is 0 Å². The van der Waals surface area contributed by atoms with E-state index in [-0.39, 0.29) is 0 Å². The Morgan fingerprint density at radius 3 is 2.85 bits per heavy atom. The Kier molecular flexibility index (Phi) is 5.91. The molecule has 3 heterocycles. The number of nitrogens with one attached hydrogen (secondary N) is 1. The number of aromatic nitrogens is 4. The molecule has 1 unspecified atom stereocenters. The number of imidazole rings is 2. The van der Waals surface area contributed by atoms with Gasteiger partial charge in [-0.05, 0) is 36.8 Å². The first-order chi connectivity index (χ1) is 13.1. The molecule has 0 saturated heterocycles. The molecule has 144 valence electrons. The molecule has 0 radical (unpaired) electrons. The first kappa shape index (κ1) is 19.1. The summed E-state index contributed by atoms with van der Waals surface area (Å²) >= 11 is 0. The number of nitrogens with zero attached hydrogens (tertiary/aromatic N) is 3. The lowest BCUT2D eigenvalue weighted by Gasteiger charge is -2.05. The Bertz CT molecular complexity index is 911. The highest BCUT2D eigenvalue weighted by molar-refractivity contribution is 5.86. The normalized spacial score (nSPS) is 14.5. The quantitative estimate of drug-likeness (QED) is 0.649. The maximum atomic E-state index is 11.4. The lowest BCUT2D eigenvalue weighted by molar-refractivity contribution is 0.0594. The number of aliphatic hydroxyl groups is 1. The molecule has 27 heavy (non-hydrogen) atoms. The Morgan fingerprint density at radius 2 is 2.15 bits per heavy atom. The van der Waals surface area contributed by atoms with Crippen LogP contribution < -0.4 is 0 Å². The van der Waals surface area contributed by atoms with Crippen LogP contribution in [0.4, 0.5) is 0 Å². The van der Waals surface area contributed by atoms with Gasteiger partial charge >= 0.3 is 5.97 Å². The predicted octanol–water partition coefficient (Wildman–Crippen LogP) is 3.41. The average molecular weight is 370 g/mol. The van der Waals surface area contributed by atoms with Gasteiger partial charge in [-0.3, -0.25) is 0 Å². The Balaban J connectivity index is 0.00000102. The monoisotopic (exact) mass is 370 g/mol. The summed E-state index contributed by atoms with van der Waals surface area (Å²) in [5.74, 6) is 0.869. The minimum atomic E-state index is -0.684. The minimum absolute atomic E-state index is 0.312. The fourth-order valence-electron chi connectivity index (χ4n) is 2.97. The highest BCUT2D eigenvalue weighted by Gasteiger charge is 2.24. The maximum absolute atomic E-state index is 11.4. The second-order valence-electron chi connectivity index (χ2n) is 6.46. The van der Waals surface area contributed by atoms with Gasteiger partial charge in [0.2, 0.25) is 0 Å². The van der Waals surface area contributed by atoms with Crippen LogP contribution in [0.25, 0.3) is 5.65 Å². The van der Waals surface area contributed by atoms with Gasteiger partial charge in [-0.2, -0.15) is 0 Å². The minimum Gasteiger partial charge on any atom is -0.464 e. The highest BCUT2D eigenvalue weighted by atomic mass is 16.5. The summed E-state index contributed by atoms with van der Waals surface area (Å²) in [7, 11) is 1.32. The molecule has 1 saturated carbocycles. The third kappa shape index (κ3) is 4.36. The molecular weight excluding hydrogens is 344 g/mol. The van der Waals surface area contributed by atoms with Crippen molar-refractivity contribution in [3.8, 4) is 0 Å². The van der Waals surface area contributed by atoms with Gasteiger partial charge < -0.3 is 19.2 Å². The van der Waals surface area contributed by atoms with Gasteiger partial charge in [0.05, 0.1) is 25.1 Å². The Morgan fingerprint density at radius 1 is 1.37 bits per heavy atom. The summed E-state index contributed by atoms with van der Waals surface area (Å²) in [4.78, 5) is 23.0. The molecule has 1 atom stereocenters. The van der Waals surface area contributed by atoms with Crippen molar-refractivity contribution in [3.63, 3.8) is 0 Å². The number of esters is 1. The molecule has 0 spiro atoms. The van der Waals surface area contributed by atoms with E-state index >= 15 is 0 Å². The zero-order valence-corrected chi connectivity index (χ0v) is 16.0. The van der Waals surface area contributed by atoms with Crippen LogP contribution >= 0.6 is 0 Å². The number of aliphatic hydroxyl groups excluding tert-OH is 1. The summed E-state index contributed by atoms with van der Waals surface area (Å²) in [6, 6.07) is 4.12. The lowest BCUT2D eigenvalue weighted by Crippen LogP contribution is -2.03. The Hall–Kier alpha value is -2.67. The van der Waals surface area contributed by atoms with E-state index in [1.54, 1.807) is 0 Å². The van der Waals surface area contributed by atoms with Gasteiger partial charge in [-0.15, -0.1) is 0 Å². The number of carbonyl (C=O) groups is 1. The number of hydrogen-bond donors (Lipinski definition) is 2. The average Bonchev–Trinajstić information content (AvgIpc) is 3.29. The predicted molar refractivity (Wildman–Crippen MR) is 102 cm³/mol. The zero-order valence-electron chi connectivity index (χ0n) is 16.0. The van der Waals surface area contributed by atoms with Crippen LogP contribution in [0.5, 0.6) is 0 Å². The molecule has 0 aromatic carbocycles. The SMILES string of the molecule is CC.COC(=O)c1cnc(CCC(O)c2cn3cc(C4CC4)ccc3n2)[nH]1. The first-order valence-corrected chi connectivity index (χ1v) is 9.43. The van der Waals surface area contributed by atoms with Crippen molar-refractivity contribution in [2.45, 2.75) is 51.6 Å². The third-order valence-corrected chi connectivity index (χ3v) is 4.57. The van der Waals surface area contributed by atoms with E-state index in [1.807, 2.05) is 30.5 Å². The van der Waals surface area contributed by atoms with Crippen LogP contribution in [0, 0.1) is 0 Å². The summed E-state index contributed by atoms with van der Waals surface area (Å²) in [5.41, 5.74) is 3.13. The number of rotatable bonds is 6. The maximum Gasteiger partial charge on any atom is 0.356 e. The van der Waals surface area contributed by atoms with E-state index < -0.39 is 12.1 Å². The molecule has 0 bridgehead atoms. The van der Waals surface area contributed by atoms with Crippen molar-refractivity contribution >= 4 is 11.6 Å². The third-order valence-electron chi connectivity index (χ3n) is 4.57. The van der Waals surface area contributed by atoms with E-state index in [2.05, 4.69) is 32.0 Å². The summed E-state index contributed by atoms with van der Waals surface area (Å²) < 4.78 is 6.62. The van der Waals surface area contributed by atoms with Crippen LogP contribution in [-0.4, -0.2) is 37.5 Å². The molecule has 3 aromatic rings. The summed E-state index contributed by atoms with van der Waals surface area (Å²) in [5, 5.41) is 10.4. The standard InChI is InChI=1S/C18H20N4O3.C2H6/c1-25-18(24)13-8-19-16(20-13)6-5-15(23)14-10-22-9-12(11-2-3-11)4-7-17(22)21-14;1-2/h4,7-11,15,23H,2-3,5-6H2,1H3,(H,19,20);1-2H3. The number of aromatic amines is 1. The topological polar surface area (TPSA) is 92.5 Å². The van der Waals surface area contributed by atoms with E-state index in [0.717, 1.165) is 5.65 Å². The van der Waals surface area contributed by atoms with E-state index in [1.165, 1.54) is 31.7 Å². The lowest BCUT2D eigenvalue weighted by atomic mass is 10.1. The number of fused-ring (bicyclic) bond motifs is 1. The molecule has 0 aliphatic heterocycles. The zero-order chi connectivity index (χ0) is 19.4. The summed E-state index contributed by atoms with van der Waals surface area (Å²) in [6.45, 7) is 4.00. The van der Waals surface area contributed by atoms with E-state index in [4.69, 9.17) is 0 Å². The molecule has 7 heteroatoms. The van der Waals surface area contributed by atoms with Crippen molar-refractivity contribution < 1.29 is 14.6 Å². The smallest absolute Gasteiger partial charge is 0.356 e. The molecule has 1 fully saturated rings. The van der Waals surface area contributed by atoms with Crippen LogP contribution in [0.2, 0.25) is 0 Å². The largest absolute Gasteiger partial charge is 0.464 e. The molecule has 7 nitrogen and oxygen atoms in total.